The van der Waals surface area contributed by atoms with E-state index in [0.29, 0.717) is 21.4 Å². The van der Waals surface area contributed by atoms with E-state index in [1.807, 2.05) is 42.5 Å². The summed E-state index contributed by atoms with van der Waals surface area (Å²) in [6.07, 6.45) is 1.79. The van der Waals surface area contributed by atoms with Crippen molar-refractivity contribution in [1.29, 1.82) is 0 Å². The van der Waals surface area contributed by atoms with E-state index in [1.165, 1.54) is 10.3 Å². The molecular formula is C22H17Cl2N3OS. The Morgan fingerprint density at radius 1 is 0.862 bits per heavy atom. The van der Waals surface area contributed by atoms with Crippen molar-refractivity contribution in [3.63, 3.8) is 0 Å². The van der Waals surface area contributed by atoms with Crippen LogP contribution in [-0.2, 0) is 12.8 Å². The first-order valence-electron chi connectivity index (χ1n) is 9.03. The molecule has 29 heavy (non-hydrogen) atoms. The fourth-order valence-electron chi connectivity index (χ4n) is 2.90. The predicted molar refractivity (Wildman–Crippen MR) is 123 cm³/mol. The summed E-state index contributed by atoms with van der Waals surface area (Å²) in [6, 6.07) is 20.6. The van der Waals surface area contributed by atoms with Crippen LogP contribution in [0.25, 0.3) is 10.2 Å². The van der Waals surface area contributed by atoms with Gasteiger partial charge in [0.1, 0.15) is 0 Å². The Balaban J connectivity index is 1.32. The Morgan fingerprint density at radius 2 is 1.59 bits per heavy atom. The summed E-state index contributed by atoms with van der Waals surface area (Å²) in [6.45, 7) is 0. The molecule has 1 aromatic heterocycles. The molecule has 0 bridgehead atoms. The van der Waals surface area contributed by atoms with E-state index in [2.05, 4.69) is 21.7 Å². The van der Waals surface area contributed by atoms with Crippen molar-refractivity contribution in [3.05, 3.63) is 87.3 Å². The number of hydrogen-bond acceptors (Lipinski definition) is 3. The third kappa shape index (κ3) is 5.07. The first kappa shape index (κ1) is 19.7. The van der Waals surface area contributed by atoms with Gasteiger partial charge < -0.3 is 10.6 Å². The van der Waals surface area contributed by atoms with Crippen LogP contribution in [0.2, 0.25) is 10.0 Å². The Hall–Kier alpha value is -2.60. The number of anilines is 2. The minimum absolute atomic E-state index is 0.342. The first-order valence-corrected chi connectivity index (χ1v) is 10.6. The van der Waals surface area contributed by atoms with Crippen LogP contribution in [0.5, 0.6) is 0 Å². The number of benzene rings is 3. The lowest BCUT2D eigenvalue weighted by atomic mass is 10.1. The monoisotopic (exact) mass is 441 g/mol. The number of fused-ring (bicyclic) bond motifs is 1. The van der Waals surface area contributed by atoms with E-state index in [0.717, 1.165) is 23.4 Å². The van der Waals surface area contributed by atoms with Gasteiger partial charge in [-0.2, -0.15) is 0 Å². The quantitative estimate of drug-likeness (QED) is 0.349. The van der Waals surface area contributed by atoms with Crippen molar-refractivity contribution in [2.45, 2.75) is 12.8 Å². The second-order valence-electron chi connectivity index (χ2n) is 6.48. The maximum absolute atomic E-state index is 12.2. The van der Waals surface area contributed by atoms with Gasteiger partial charge in [-0.3, -0.25) is 0 Å². The predicted octanol–water partition coefficient (Wildman–Crippen LogP) is 7.03. The summed E-state index contributed by atoms with van der Waals surface area (Å²) in [4.78, 5) is 16.8. The normalized spacial score (nSPS) is 10.8. The van der Waals surface area contributed by atoms with Gasteiger partial charge in [0.15, 0.2) is 0 Å². The summed E-state index contributed by atoms with van der Waals surface area (Å²) in [5.74, 6) is 0. The van der Waals surface area contributed by atoms with E-state index in [1.54, 1.807) is 29.5 Å². The Bertz CT molecular complexity index is 1130. The van der Waals surface area contributed by atoms with Gasteiger partial charge >= 0.3 is 6.03 Å². The minimum Gasteiger partial charge on any atom is -0.308 e. The zero-order chi connectivity index (χ0) is 20.2. The fraction of sp³-hybridized carbons (Fsp3) is 0.0909. The number of aromatic nitrogens is 1. The molecule has 146 valence electrons. The van der Waals surface area contributed by atoms with Gasteiger partial charge in [-0.25, -0.2) is 9.78 Å². The average Bonchev–Trinajstić information content (AvgIpc) is 3.13. The summed E-state index contributed by atoms with van der Waals surface area (Å²) in [7, 11) is 0. The van der Waals surface area contributed by atoms with Gasteiger partial charge in [0.2, 0.25) is 0 Å². The van der Waals surface area contributed by atoms with Crippen LogP contribution in [-0.4, -0.2) is 11.0 Å². The van der Waals surface area contributed by atoms with Crippen LogP contribution in [0.3, 0.4) is 0 Å². The first-order chi connectivity index (χ1) is 14.1. The van der Waals surface area contributed by atoms with Crippen LogP contribution in [0.4, 0.5) is 16.2 Å². The molecule has 0 aliphatic heterocycles. The van der Waals surface area contributed by atoms with E-state index < -0.39 is 0 Å². The number of para-hydroxylation sites is 1. The highest BCUT2D eigenvalue weighted by atomic mass is 35.5. The standard InChI is InChI=1S/C22H17Cl2N3OS/c23-17-11-10-16(13-18(17)24)26-22(28)25-15-8-5-14(6-9-15)7-12-21-27-19-3-1-2-4-20(19)29-21/h1-6,8-11,13H,7,12H2,(H2,25,26,28). The van der Waals surface area contributed by atoms with Gasteiger partial charge in [-0.05, 0) is 54.4 Å². The lowest BCUT2D eigenvalue weighted by Crippen LogP contribution is -2.19. The zero-order valence-electron chi connectivity index (χ0n) is 15.3. The molecule has 0 atom stereocenters. The molecule has 3 aromatic carbocycles. The third-order valence-electron chi connectivity index (χ3n) is 4.35. The molecule has 0 fully saturated rings. The van der Waals surface area contributed by atoms with Crippen LogP contribution >= 0.6 is 34.5 Å². The lowest BCUT2D eigenvalue weighted by Gasteiger charge is -2.09. The topological polar surface area (TPSA) is 54.0 Å². The molecule has 0 spiro atoms. The molecule has 2 N–H and O–H groups in total. The summed E-state index contributed by atoms with van der Waals surface area (Å²) >= 11 is 13.6. The summed E-state index contributed by atoms with van der Waals surface area (Å²) in [5.41, 5.74) is 3.54. The number of hydrogen-bond donors (Lipinski definition) is 2. The summed E-state index contributed by atoms with van der Waals surface area (Å²) in [5, 5.41) is 7.51. The molecule has 7 heteroatoms. The van der Waals surface area contributed by atoms with Gasteiger partial charge in [0.25, 0.3) is 0 Å². The molecular weight excluding hydrogens is 425 g/mol. The van der Waals surface area contributed by atoms with Crippen molar-refractivity contribution in [2.75, 3.05) is 10.6 Å². The average molecular weight is 442 g/mol. The number of carbonyl (C=O) groups excluding carboxylic acids is 1. The zero-order valence-corrected chi connectivity index (χ0v) is 17.6. The molecule has 4 aromatic rings. The van der Waals surface area contributed by atoms with Gasteiger partial charge in [-0.15, -0.1) is 11.3 Å². The van der Waals surface area contributed by atoms with Crippen LogP contribution in [0, 0.1) is 0 Å². The summed E-state index contributed by atoms with van der Waals surface area (Å²) < 4.78 is 1.22. The molecule has 1 heterocycles. The number of nitrogens with zero attached hydrogens (tertiary/aromatic N) is 1. The Morgan fingerprint density at radius 3 is 2.34 bits per heavy atom. The molecule has 0 saturated carbocycles. The molecule has 0 aliphatic carbocycles. The van der Waals surface area contributed by atoms with Crippen molar-refractivity contribution in [3.8, 4) is 0 Å². The highest BCUT2D eigenvalue weighted by Crippen LogP contribution is 2.25. The lowest BCUT2D eigenvalue weighted by molar-refractivity contribution is 0.262. The molecule has 4 rings (SSSR count). The van der Waals surface area contributed by atoms with E-state index in [4.69, 9.17) is 23.2 Å². The van der Waals surface area contributed by atoms with Crippen molar-refractivity contribution in [1.82, 2.24) is 4.98 Å². The number of halogens is 2. The highest BCUT2D eigenvalue weighted by Gasteiger charge is 2.06. The highest BCUT2D eigenvalue weighted by molar-refractivity contribution is 7.18. The third-order valence-corrected chi connectivity index (χ3v) is 6.19. The van der Waals surface area contributed by atoms with Crippen LogP contribution < -0.4 is 10.6 Å². The second-order valence-corrected chi connectivity index (χ2v) is 8.41. The molecule has 0 saturated heterocycles. The Kier molecular flexibility index (Phi) is 6.00. The van der Waals surface area contributed by atoms with E-state index >= 15 is 0 Å². The van der Waals surface area contributed by atoms with Gasteiger partial charge in [0, 0.05) is 17.8 Å². The smallest absolute Gasteiger partial charge is 0.308 e. The maximum Gasteiger partial charge on any atom is 0.323 e. The number of rotatable bonds is 5. The van der Waals surface area contributed by atoms with Crippen molar-refractivity contribution in [2.24, 2.45) is 0 Å². The van der Waals surface area contributed by atoms with Crippen molar-refractivity contribution >= 4 is 62.2 Å². The maximum atomic E-state index is 12.2. The van der Waals surface area contributed by atoms with Gasteiger partial charge in [0.05, 0.1) is 25.3 Å². The second kappa shape index (κ2) is 8.82. The SMILES string of the molecule is O=C(Nc1ccc(CCc2nc3ccccc3s2)cc1)Nc1ccc(Cl)c(Cl)c1. The number of amides is 2. The van der Waals surface area contributed by atoms with Gasteiger partial charge in [-0.1, -0.05) is 47.5 Å². The number of carbonyl (C=O) groups is 1. The number of nitrogens with one attached hydrogen (secondary N) is 2. The number of aryl methyl sites for hydroxylation is 2. The minimum atomic E-state index is -0.342. The number of thiazole rings is 1. The van der Waals surface area contributed by atoms with E-state index in [9.17, 15) is 4.79 Å². The molecule has 2 amide bonds. The van der Waals surface area contributed by atoms with E-state index in [-0.39, 0.29) is 6.03 Å². The largest absolute Gasteiger partial charge is 0.323 e. The van der Waals surface area contributed by atoms with Crippen molar-refractivity contribution < 1.29 is 4.79 Å². The van der Waals surface area contributed by atoms with Crippen LogP contribution in [0.1, 0.15) is 10.6 Å². The Labute approximate surface area is 182 Å². The molecule has 0 radical (unpaired) electrons. The van der Waals surface area contributed by atoms with Crippen LogP contribution in [0.15, 0.2) is 66.7 Å². The fourth-order valence-corrected chi connectivity index (χ4v) is 4.17. The number of urea groups is 1. The molecule has 4 nitrogen and oxygen atoms in total. The molecule has 0 aliphatic rings. The molecule has 0 unspecified atom stereocenters.